The van der Waals surface area contributed by atoms with Crippen molar-refractivity contribution in [2.45, 2.75) is 30.8 Å². The van der Waals surface area contributed by atoms with Crippen LogP contribution in [0.25, 0.3) is 0 Å². The third kappa shape index (κ3) is 4.67. The van der Waals surface area contributed by atoms with Gasteiger partial charge < -0.3 is 5.32 Å². The summed E-state index contributed by atoms with van der Waals surface area (Å²) in [7, 11) is -0.547. The Morgan fingerprint density at radius 2 is 2.10 bits per heavy atom. The lowest BCUT2D eigenvalue weighted by Crippen LogP contribution is -2.36. The maximum Gasteiger partial charge on any atom is 0.245 e. The summed E-state index contributed by atoms with van der Waals surface area (Å²) < 4.78 is 40.3. The summed E-state index contributed by atoms with van der Waals surface area (Å²) in [5, 5.41) is 2.90. The third-order valence-electron chi connectivity index (χ3n) is 3.39. The van der Waals surface area contributed by atoms with E-state index in [-0.39, 0.29) is 10.9 Å². The van der Waals surface area contributed by atoms with Gasteiger partial charge in [0.2, 0.25) is 10.0 Å². The number of halogens is 1. The third-order valence-corrected chi connectivity index (χ3v) is 6.04. The van der Waals surface area contributed by atoms with Crippen LogP contribution in [-0.2, 0) is 16.6 Å². The van der Waals surface area contributed by atoms with Crippen molar-refractivity contribution in [3.63, 3.8) is 0 Å². The molecule has 0 spiro atoms. The number of rotatable bonds is 8. The average molecular weight is 334 g/mol. The molecule has 0 radical (unpaired) electrons. The van der Waals surface area contributed by atoms with Gasteiger partial charge in [-0.3, -0.25) is 0 Å². The first kappa shape index (κ1) is 18.4. The average Bonchev–Trinajstić information content (AvgIpc) is 2.44. The first-order valence-electron chi connectivity index (χ1n) is 6.74. The van der Waals surface area contributed by atoms with E-state index in [1.165, 1.54) is 23.5 Å². The van der Waals surface area contributed by atoms with Crippen molar-refractivity contribution in [2.24, 2.45) is 0 Å². The Hall–Kier alpha value is -0.630. The van der Waals surface area contributed by atoms with Gasteiger partial charge in [-0.2, -0.15) is 16.1 Å². The second-order valence-electron chi connectivity index (χ2n) is 4.95. The van der Waals surface area contributed by atoms with Crippen LogP contribution in [0.1, 0.15) is 18.9 Å². The van der Waals surface area contributed by atoms with E-state index in [1.807, 2.05) is 13.2 Å². The number of hydrogen-bond acceptors (Lipinski definition) is 4. The standard InChI is InChI=1S/C14H23FN2O2S2/c1-11(7-8-20-4)17(3)21(18,19)14-6-5-12(10-16-2)9-13(14)15/h5-6,9,11,16H,7-8,10H2,1-4H3. The van der Waals surface area contributed by atoms with Gasteiger partial charge in [-0.25, -0.2) is 12.8 Å². The zero-order valence-electron chi connectivity index (χ0n) is 12.9. The quantitative estimate of drug-likeness (QED) is 0.792. The second kappa shape index (κ2) is 8.12. The van der Waals surface area contributed by atoms with E-state index in [9.17, 15) is 12.8 Å². The van der Waals surface area contributed by atoms with E-state index in [4.69, 9.17) is 0 Å². The summed E-state index contributed by atoms with van der Waals surface area (Å²) in [6.45, 7) is 2.33. The Labute approximate surface area is 131 Å². The van der Waals surface area contributed by atoms with Gasteiger partial charge in [0, 0.05) is 19.6 Å². The molecule has 21 heavy (non-hydrogen) atoms. The van der Waals surface area contributed by atoms with Crippen LogP contribution in [0, 0.1) is 5.82 Å². The summed E-state index contributed by atoms with van der Waals surface area (Å²) in [6, 6.07) is 4.07. The summed E-state index contributed by atoms with van der Waals surface area (Å²) in [6.07, 6.45) is 2.71. The van der Waals surface area contributed by atoms with Gasteiger partial charge in [0.05, 0.1) is 0 Å². The van der Waals surface area contributed by atoms with Crippen molar-refractivity contribution in [3.05, 3.63) is 29.6 Å². The molecule has 0 aliphatic rings. The molecule has 0 bridgehead atoms. The van der Waals surface area contributed by atoms with Gasteiger partial charge in [0.15, 0.2) is 0 Å². The van der Waals surface area contributed by atoms with Crippen LogP contribution in [0.3, 0.4) is 0 Å². The van der Waals surface area contributed by atoms with E-state index in [2.05, 4.69) is 5.32 Å². The van der Waals surface area contributed by atoms with Crippen LogP contribution in [0.5, 0.6) is 0 Å². The summed E-state index contributed by atoms with van der Waals surface area (Å²) in [4.78, 5) is -0.263. The fourth-order valence-corrected chi connectivity index (χ4v) is 3.94. The molecule has 0 amide bonds. The lowest BCUT2D eigenvalue weighted by atomic mass is 10.2. The molecule has 1 aromatic carbocycles. The van der Waals surface area contributed by atoms with Crippen molar-refractivity contribution < 1.29 is 12.8 Å². The lowest BCUT2D eigenvalue weighted by molar-refractivity contribution is 0.380. The highest BCUT2D eigenvalue weighted by Gasteiger charge is 2.27. The van der Waals surface area contributed by atoms with Gasteiger partial charge in [-0.05, 0) is 50.1 Å². The number of benzene rings is 1. The SMILES string of the molecule is CNCc1ccc(S(=O)(=O)N(C)C(C)CCSC)c(F)c1. The van der Waals surface area contributed by atoms with Crippen molar-refractivity contribution >= 4 is 21.8 Å². The fraction of sp³-hybridized carbons (Fsp3) is 0.571. The molecular weight excluding hydrogens is 311 g/mol. The Morgan fingerprint density at radius 1 is 1.43 bits per heavy atom. The predicted octanol–water partition coefficient (Wildman–Crippen LogP) is 2.31. The largest absolute Gasteiger partial charge is 0.316 e. The summed E-state index contributed by atoms with van der Waals surface area (Å²) in [5.74, 6) is 0.164. The molecule has 1 unspecified atom stereocenters. The van der Waals surface area contributed by atoms with Gasteiger partial charge in [-0.1, -0.05) is 6.07 Å². The smallest absolute Gasteiger partial charge is 0.245 e. The Bertz CT molecular complexity index is 564. The minimum Gasteiger partial charge on any atom is -0.316 e. The molecule has 0 aromatic heterocycles. The van der Waals surface area contributed by atoms with Crippen LogP contribution >= 0.6 is 11.8 Å². The van der Waals surface area contributed by atoms with Gasteiger partial charge >= 0.3 is 0 Å². The minimum absolute atomic E-state index is 0.168. The molecule has 0 fully saturated rings. The molecule has 0 saturated carbocycles. The molecule has 1 atom stereocenters. The maximum atomic E-state index is 14.1. The van der Waals surface area contributed by atoms with Crippen LogP contribution in [0.2, 0.25) is 0 Å². The molecule has 7 heteroatoms. The molecule has 0 aliphatic heterocycles. The Balaban J connectivity index is 3.01. The molecule has 0 aliphatic carbocycles. The number of nitrogens with zero attached hydrogens (tertiary/aromatic N) is 1. The zero-order valence-corrected chi connectivity index (χ0v) is 14.5. The topological polar surface area (TPSA) is 49.4 Å². The van der Waals surface area contributed by atoms with E-state index >= 15 is 0 Å². The molecule has 0 saturated heterocycles. The molecule has 0 heterocycles. The summed E-state index contributed by atoms with van der Waals surface area (Å²) >= 11 is 1.66. The first-order valence-corrected chi connectivity index (χ1v) is 9.58. The molecule has 1 N–H and O–H groups in total. The molecule has 4 nitrogen and oxygen atoms in total. The Morgan fingerprint density at radius 3 is 2.62 bits per heavy atom. The van der Waals surface area contributed by atoms with Crippen LogP contribution < -0.4 is 5.32 Å². The molecule has 1 aromatic rings. The van der Waals surface area contributed by atoms with E-state index in [0.717, 1.165) is 12.2 Å². The van der Waals surface area contributed by atoms with Crippen LogP contribution in [0.4, 0.5) is 4.39 Å². The monoisotopic (exact) mass is 334 g/mol. The minimum atomic E-state index is -3.80. The number of nitrogens with one attached hydrogen (secondary N) is 1. The van der Waals surface area contributed by atoms with Crippen LogP contribution in [0.15, 0.2) is 23.1 Å². The van der Waals surface area contributed by atoms with Crippen molar-refractivity contribution in [3.8, 4) is 0 Å². The van der Waals surface area contributed by atoms with E-state index < -0.39 is 15.8 Å². The summed E-state index contributed by atoms with van der Waals surface area (Å²) in [5.41, 5.74) is 0.715. The number of hydrogen-bond donors (Lipinski definition) is 1. The lowest BCUT2D eigenvalue weighted by Gasteiger charge is -2.24. The first-order chi connectivity index (χ1) is 9.84. The maximum absolute atomic E-state index is 14.1. The van der Waals surface area contributed by atoms with Gasteiger partial charge in [0.25, 0.3) is 0 Å². The van der Waals surface area contributed by atoms with Gasteiger partial charge in [0.1, 0.15) is 10.7 Å². The van der Waals surface area contributed by atoms with Crippen LogP contribution in [-0.4, -0.2) is 44.9 Å². The molecular formula is C14H23FN2O2S2. The highest BCUT2D eigenvalue weighted by Crippen LogP contribution is 2.22. The number of thioether (sulfide) groups is 1. The Kier molecular flexibility index (Phi) is 7.12. The fourth-order valence-electron chi connectivity index (χ4n) is 1.93. The zero-order chi connectivity index (χ0) is 16.0. The van der Waals surface area contributed by atoms with E-state index in [0.29, 0.717) is 12.1 Å². The van der Waals surface area contributed by atoms with Crippen molar-refractivity contribution in [2.75, 3.05) is 26.1 Å². The molecule has 1 rings (SSSR count). The van der Waals surface area contributed by atoms with E-state index in [1.54, 1.807) is 24.9 Å². The number of sulfonamides is 1. The van der Waals surface area contributed by atoms with Crippen molar-refractivity contribution in [1.29, 1.82) is 0 Å². The van der Waals surface area contributed by atoms with Gasteiger partial charge in [-0.15, -0.1) is 0 Å². The highest BCUT2D eigenvalue weighted by atomic mass is 32.2. The molecule has 120 valence electrons. The normalized spacial score (nSPS) is 13.6. The second-order valence-corrected chi connectivity index (χ2v) is 7.90. The van der Waals surface area contributed by atoms with Crippen molar-refractivity contribution in [1.82, 2.24) is 9.62 Å². The predicted molar refractivity (Wildman–Crippen MR) is 86.6 cm³/mol. The highest BCUT2D eigenvalue weighted by molar-refractivity contribution is 7.98.